The molecule has 1 fully saturated rings. The zero-order chi connectivity index (χ0) is 18.8. The van der Waals surface area contributed by atoms with Gasteiger partial charge in [0.2, 0.25) is 0 Å². The van der Waals surface area contributed by atoms with Crippen LogP contribution in [0.25, 0.3) is 10.8 Å². The SMILES string of the molecule is Cc1nnc(CN=C(NC2CC2)NC(C)c2ccc3ccccc3c2)n1C.I. The van der Waals surface area contributed by atoms with E-state index in [1.54, 1.807) is 0 Å². The first-order chi connectivity index (χ1) is 13.1. The van der Waals surface area contributed by atoms with E-state index >= 15 is 0 Å². The van der Waals surface area contributed by atoms with Crippen molar-refractivity contribution < 1.29 is 0 Å². The molecule has 1 aliphatic rings. The van der Waals surface area contributed by atoms with Gasteiger partial charge in [0.05, 0.1) is 6.04 Å². The molecule has 0 amide bonds. The zero-order valence-corrected chi connectivity index (χ0v) is 18.8. The van der Waals surface area contributed by atoms with Crippen LogP contribution in [-0.2, 0) is 13.6 Å². The lowest BCUT2D eigenvalue weighted by Crippen LogP contribution is -2.40. The quantitative estimate of drug-likeness (QED) is 0.324. The van der Waals surface area contributed by atoms with Crippen LogP contribution in [-0.4, -0.2) is 26.8 Å². The van der Waals surface area contributed by atoms with Crippen LogP contribution >= 0.6 is 24.0 Å². The van der Waals surface area contributed by atoms with Gasteiger partial charge in [0.25, 0.3) is 0 Å². The third-order valence-corrected chi connectivity index (χ3v) is 5.11. The Morgan fingerprint density at radius 2 is 1.93 bits per heavy atom. The highest BCUT2D eigenvalue weighted by Crippen LogP contribution is 2.21. The number of aryl methyl sites for hydroxylation is 1. The second-order valence-corrected chi connectivity index (χ2v) is 7.28. The van der Waals surface area contributed by atoms with Crippen molar-refractivity contribution in [2.45, 2.75) is 45.3 Å². The summed E-state index contributed by atoms with van der Waals surface area (Å²) in [7, 11) is 1.97. The van der Waals surface area contributed by atoms with E-state index in [9.17, 15) is 0 Å². The fourth-order valence-electron chi connectivity index (χ4n) is 3.06. The molecular weight excluding hydrogens is 463 g/mol. The lowest BCUT2D eigenvalue weighted by Gasteiger charge is -2.19. The van der Waals surface area contributed by atoms with Gasteiger partial charge in [-0.2, -0.15) is 0 Å². The molecule has 2 aromatic carbocycles. The third kappa shape index (κ3) is 4.81. The summed E-state index contributed by atoms with van der Waals surface area (Å²) >= 11 is 0. The summed E-state index contributed by atoms with van der Waals surface area (Å²) in [5.41, 5.74) is 1.24. The molecule has 0 saturated heterocycles. The second-order valence-electron chi connectivity index (χ2n) is 7.28. The molecule has 2 N–H and O–H groups in total. The molecule has 0 radical (unpaired) electrons. The number of aromatic nitrogens is 3. The molecule has 3 aromatic rings. The van der Waals surface area contributed by atoms with Crippen molar-refractivity contribution >= 4 is 40.7 Å². The van der Waals surface area contributed by atoms with Crippen molar-refractivity contribution in [2.24, 2.45) is 12.0 Å². The Hall–Kier alpha value is -2.16. The maximum absolute atomic E-state index is 4.75. The van der Waals surface area contributed by atoms with Crippen LogP contribution in [0.4, 0.5) is 0 Å². The highest BCUT2D eigenvalue weighted by molar-refractivity contribution is 14.0. The number of nitrogens with one attached hydrogen (secondary N) is 2. The van der Waals surface area contributed by atoms with E-state index in [-0.39, 0.29) is 30.0 Å². The van der Waals surface area contributed by atoms with E-state index in [0.29, 0.717) is 12.6 Å². The maximum Gasteiger partial charge on any atom is 0.192 e. The zero-order valence-electron chi connectivity index (χ0n) is 16.5. The van der Waals surface area contributed by atoms with Crippen molar-refractivity contribution in [3.05, 3.63) is 59.7 Å². The number of aliphatic imine (C=N–C) groups is 1. The molecule has 0 spiro atoms. The first-order valence-electron chi connectivity index (χ1n) is 9.51. The normalized spacial score (nSPS) is 15.2. The summed E-state index contributed by atoms with van der Waals surface area (Å²) < 4.78 is 1.98. The Kier molecular flexibility index (Phi) is 6.53. The molecule has 1 unspecified atom stereocenters. The fraction of sp³-hybridized carbons (Fsp3) is 0.381. The van der Waals surface area contributed by atoms with Crippen LogP contribution in [0, 0.1) is 6.92 Å². The first-order valence-corrected chi connectivity index (χ1v) is 9.51. The first kappa shape index (κ1) is 20.6. The fourth-order valence-corrected chi connectivity index (χ4v) is 3.06. The average molecular weight is 490 g/mol. The number of fused-ring (bicyclic) bond motifs is 1. The van der Waals surface area contributed by atoms with Gasteiger partial charge in [0.15, 0.2) is 11.8 Å². The molecular formula is C21H27IN6. The van der Waals surface area contributed by atoms with Gasteiger partial charge in [-0.1, -0.05) is 36.4 Å². The highest BCUT2D eigenvalue weighted by Gasteiger charge is 2.23. The molecule has 7 heteroatoms. The van der Waals surface area contributed by atoms with E-state index in [2.05, 4.69) is 70.2 Å². The monoisotopic (exact) mass is 490 g/mol. The van der Waals surface area contributed by atoms with E-state index in [1.165, 1.54) is 29.2 Å². The Morgan fingerprint density at radius 1 is 1.18 bits per heavy atom. The van der Waals surface area contributed by atoms with E-state index in [4.69, 9.17) is 4.99 Å². The second kappa shape index (κ2) is 8.89. The van der Waals surface area contributed by atoms with E-state index < -0.39 is 0 Å². The Morgan fingerprint density at radius 3 is 2.61 bits per heavy atom. The van der Waals surface area contributed by atoms with Gasteiger partial charge >= 0.3 is 0 Å². The van der Waals surface area contributed by atoms with Gasteiger partial charge in [0, 0.05) is 13.1 Å². The van der Waals surface area contributed by atoms with Crippen molar-refractivity contribution in [1.82, 2.24) is 25.4 Å². The van der Waals surface area contributed by atoms with Crippen LogP contribution in [0.5, 0.6) is 0 Å². The minimum Gasteiger partial charge on any atom is -0.354 e. The van der Waals surface area contributed by atoms with Crippen molar-refractivity contribution in [3.8, 4) is 0 Å². The van der Waals surface area contributed by atoms with E-state index in [1.807, 2.05) is 18.5 Å². The Balaban J connectivity index is 0.00000225. The van der Waals surface area contributed by atoms with Crippen LogP contribution in [0.1, 0.15) is 43.0 Å². The number of nitrogens with zero attached hydrogens (tertiary/aromatic N) is 4. The number of hydrogen-bond donors (Lipinski definition) is 2. The van der Waals surface area contributed by atoms with Crippen LogP contribution in [0.3, 0.4) is 0 Å². The predicted octanol–water partition coefficient (Wildman–Crippen LogP) is 3.85. The number of hydrogen-bond acceptors (Lipinski definition) is 3. The number of guanidine groups is 1. The summed E-state index contributed by atoms with van der Waals surface area (Å²) in [6.45, 7) is 4.62. The Labute approximate surface area is 182 Å². The lowest BCUT2D eigenvalue weighted by atomic mass is 10.0. The highest BCUT2D eigenvalue weighted by atomic mass is 127. The van der Waals surface area contributed by atoms with Crippen molar-refractivity contribution in [2.75, 3.05) is 0 Å². The molecule has 1 atom stereocenters. The number of halogens is 1. The topological polar surface area (TPSA) is 67.1 Å². The molecule has 6 nitrogen and oxygen atoms in total. The third-order valence-electron chi connectivity index (χ3n) is 5.11. The smallest absolute Gasteiger partial charge is 0.192 e. The molecule has 28 heavy (non-hydrogen) atoms. The molecule has 1 aromatic heterocycles. The number of rotatable bonds is 5. The van der Waals surface area contributed by atoms with Crippen LogP contribution in [0.2, 0.25) is 0 Å². The summed E-state index contributed by atoms with van der Waals surface area (Å²) in [5, 5.41) is 17.9. The average Bonchev–Trinajstić information content (AvgIpc) is 3.44. The lowest BCUT2D eigenvalue weighted by molar-refractivity contribution is 0.676. The largest absolute Gasteiger partial charge is 0.354 e. The Bertz CT molecular complexity index is 976. The molecule has 1 heterocycles. The summed E-state index contributed by atoms with van der Waals surface area (Å²) in [5.74, 6) is 2.59. The van der Waals surface area contributed by atoms with E-state index in [0.717, 1.165) is 17.6 Å². The summed E-state index contributed by atoms with van der Waals surface area (Å²) in [6.07, 6.45) is 2.41. The maximum atomic E-state index is 4.75. The van der Waals surface area contributed by atoms with Gasteiger partial charge in [-0.3, -0.25) is 0 Å². The minimum absolute atomic E-state index is 0. The molecule has 1 aliphatic carbocycles. The molecule has 4 rings (SSSR count). The van der Waals surface area contributed by atoms with Crippen LogP contribution < -0.4 is 10.6 Å². The van der Waals surface area contributed by atoms with Crippen LogP contribution in [0.15, 0.2) is 47.5 Å². The standard InChI is InChI=1S/C21H26N6.HI/c1-14(17-9-8-16-6-4-5-7-18(16)12-17)23-21(24-19-10-11-19)22-13-20-26-25-15(2)27(20)3;/h4-9,12,14,19H,10-11,13H2,1-3H3,(H2,22,23,24);1H. The minimum atomic E-state index is 0. The summed E-state index contributed by atoms with van der Waals surface area (Å²) in [6, 6.07) is 15.7. The van der Waals surface area contributed by atoms with Crippen molar-refractivity contribution in [3.63, 3.8) is 0 Å². The molecule has 148 valence electrons. The van der Waals surface area contributed by atoms with Gasteiger partial charge in [-0.25, -0.2) is 4.99 Å². The van der Waals surface area contributed by atoms with Gasteiger partial charge in [-0.15, -0.1) is 34.2 Å². The summed E-state index contributed by atoms with van der Waals surface area (Å²) in [4.78, 5) is 4.75. The predicted molar refractivity (Wildman–Crippen MR) is 124 cm³/mol. The molecule has 1 saturated carbocycles. The van der Waals surface area contributed by atoms with Gasteiger partial charge in [0.1, 0.15) is 12.4 Å². The molecule has 0 aliphatic heterocycles. The molecule has 0 bridgehead atoms. The number of benzene rings is 2. The van der Waals surface area contributed by atoms with Gasteiger partial charge < -0.3 is 15.2 Å². The van der Waals surface area contributed by atoms with Crippen molar-refractivity contribution in [1.29, 1.82) is 0 Å². The van der Waals surface area contributed by atoms with Gasteiger partial charge in [-0.05, 0) is 49.1 Å².